The van der Waals surface area contributed by atoms with Crippen LogP contribution in [0.5, 0.6) is 0 Å². The summed E-state index contributed by atoms with van der Waals surface area (Å²) in [6, 6.07) is 13.8. The summed E-state index contributed by atoms with van der Waals surface area (Å²) in [6.45, 7) is 3.92. The molecule has 1 aromatic carbocycles. The van der Waals surface area contributed by atoms with Crippen molar-refractivity contribution in [2.24, 2.45) is 0 Å². The molecule has 1 saturated heterocycles. The van der Waals surface area contributed by atoms with Gasteiger partial charge in [-0.3, -0.25) is 4.79 Å². The number of hydrogen-bond donors (Lipinski definition) is 1. The Morgan fingerprint density at radius 3 is 2.61 bits per heavy atom. The van der Waals surface area contributed by atoms with E-state index in [1.807, 2.05) is 42.7 Å². The summed E-state index contributed by atoms with van der Waals surface area (Å²) in [5.74, 6) is 0.374. The third kappa shape index (κ3) is 3.08. The smallest absolute Gasteiger partial charge is 0.303 e. The van der Waals surface area contributed by atoms with Crippen LogP contribution in [-0.2, 0) is 4.79 Å². The second-order valence-corrected chi connectivity index (χ2v) is 6.89. The van der Waals surface area contributed by atoms with E-state index >= 15 is 0 Å². The lowest BCUT2D eigenvalue weighted by molar-refractivity contribution is -0.113. The zero-order valence-electron chi connectivity index (χ0n) is 15.3. The number of amides is 3. The Morgan fingerprint density at radius 1 is 1.07 bits per heavy atom. The maximum Gasteiger partial charge on any atom is 0.333 e. The number of benzene rings is 1. The summed E-state index contributed by atoms with van der Waals surface area (Å²) in [5.41, 5.74) is 3.38. The summed E-state index contributed by atoms with van der Waals surface area (Å²) in [5, 5.41) is 3.10. The minimum Gasteiger partial charge on any atom is -0.303 e. The molecule has 0 unspecified atom stereocenters. The van der Waals surface area contributed by atoms with E-state index in [0.29, 0.717) is 10.7 Å². The molecule has 1 N–H and O–H groups in total. The lowest BCUT2D eigenvalue weighted by Gasteiger charge is -2.11. The van der Waals surface area contributed by atoms with Gasteiger partial charge in [-0.05, 0) is 61.9 Å². The van der Waals surface area contributed by atoms with Gasteiger partial charge in [0.25, 0.3) is 5.91 Å². The molecule has 0 spiro atoms. The maximum absolute atomic E-state index is 12.8. The first-order chi connectivity index (χ1) is 13.5. The third-order valence-electron chi connectivity index (χ3n) is 4.59. The summed E-state index contributed by atoms with van der Waals surface area (Å²) >= 11 is 5.99. The molecule has 0 radical (unpaired) electrons. The average Bonchev–Trinajstić information content (AvgIpc) is 3.11. The molecule has 3 aromatic rings. The van der Waals surface area contributed by atoms with Crippen molar-refractivity contribution in [1.82, 2.24) is 14.9 Å². The van der Waals surface area contributed by atoms with Gasteiger partial charge in [-0.25, -0.2) is 14.7 Å². The van der Waals surface area contributed by atoms with E-state index in [9.17, 15) is 9.59 Å². The molecule has 28 heavy (non-hydrogen) atoms. The van der Waals surface area contributed by atoms with E-state index < -0.39 is 11.9 Å². The number of anilines is 1. The van der Waals surface area contributed by atoms with Crippen LogP contribution >= 0.6 is 11.6 Å². The number of carbonyl (C=O) groups excluding carboxylic acids is 2. The van der Waals surface area contributed by atoms with Crippen LogP contribution in [0.4, 0.5) is 10.5 Å². The molecule has 0 bridgehead atoms. The van der Waals surface area contributed by atoms with Gasteiger partial charge in [0.2, 0.25) is 0 Å². The van der Waals surface area contributed by atoms with Crippen molar-refractivity contribution in [3.63, 3.8) is 0 Å². The third-order valence-corrected chi connectivity index (χ3v) is 4.83. The molecule has 140 valence electrons. The van der Waals surface area contributed by atoms with Gasteiger partial charge >= 0.3 is 6.03 Å². The average molecular weight is 393 g/mol. The quantitative estimate of drug-likeness (QED) is 0.535. The van der Waals surface area contributed by atoms with Crippen LogP contribution in [0.3, 0.4) is 0 Å². The monoisotopic (exact) mass is 392 g/mol. The molecule has 6 nitrogen and oxygen atoms in total. The minimum atomic E-state index is -0.503. The topological polar surface area (TPSA) is 67.2 Å². The second-order valence-electron chi connectivity index (χ2n) is 6.46. The van der Waals surface area contributed by atoms with E-state index in [4.69, 9.17) is 11.6 Å². The molecular weight excluding hydrogens is 376 g/mol. The lowest BCUT2D eigenvalue weighted by Crippen LogP contribution is -2.30. The number of urea groups is 1. The molecule has 1 aliphatic heterocycles. The Balaban J connectivity index is 1.71. The van der Waals surface area contributed by atoms with Crippen molar-refractivity contribution >= 4 is 35.3 Å². The fraction of sp³-hybridized carbons (Fsp3) is 0.0952. The predicted molar refractivity (Wildman–Crippen MR) is 108 cm³/mol. The van der Waals surface area contributed by atoms with E-state index in [1.54, 1.807) is 36.5 Å². The highest BCUT2D eigenvalue weighted by Gasteiger charge is 2.35. The zero-order valence-corrected chi connectivity index (χ0v) is 16.1. The number of halogens is 1. The number of aryl methyl sites for hydroxylation is 1. The van der Waals surface area contributed by atoms with Crippen molar-refractivity contribution in [3.05, 3.63) is 82.4 Å². The van der Waals surface area contributed by atoms with Crippen molar-refractivity contribution in [1.29, 1.82) is 0 Å². The fourth-order valence-electron chi connectivity index (χ4n) is 3.31. The summed E-state index contributed by atoms with van der Waals surface area (Å²) in [7, 11) is 0. The molecule has 0 aliphatic carbocycles. The van der Waals surface area contributed by atoms with Gasteiger partial charge in [-0.2, -0.15) is 0 Å². The van der Waals surface area contributed by atoms with Gasteiger partial charge in [-0.1, -0.05) is 23.7 Å². The number of carbonyl (C=O) groups is 2. The predicted octanol–water partition coefficient (Wildman–Crippen LogP) is 4.24. The molecule has 1 fully saturated rings. The van der Waals surface area contributed by atoms with Gasteiger partial charge in [0.05, 0.1) is 5.69 Å². The van der Waals surface area contributed by atoms with E-state index in [1.165, 1.54) is 0 Å². The number of hydrogen-bond acceptors (Lipinski definition) is 3. The van der Waals surface area contributed by atoms with E-state index in [-0.39, 0.29) is 5.70 Å². The summed E-state index contributed by atoms with van der Waals surface area (Å²) in [4.78, 5) is 30.7. The Morgan fingerprint density at radius 2 is 1.89 bits per heavy atom. The van der Waals surface area contributed by atoms with Gasteiger partial charge in [0.15, 0.2) is 0 Å². The van der Waals surface area contributed by atoms with Gasteiger partial charge in [0, 0.05) is 22.6 Å². The lowest BCUT2D eigenvalue weighted by atomic mass is 10.2. The van der Waals surface area contributed by atoms with Crippen LogP contribution in [0.2, 0.25) is 5.02 Å². The first kappa shape index (κ1) is 18.0. The molecule has 3 amide bonds. The maximum atomic E-state index is 12.8. The Bertz CT molecular complexity index is 1120. The first-order valence-electron chi connectivity index (χ1n) is 8.69. The largest absolute Gasteiger partial charge is 0.333 e. The van der Waals surface area contributed by atoms with Crippen LogP contribution in [0.15, 0.2) is 60.4 Å². The molecule has 2 aromatic heterocycles. The zero-order chi connectivity index (χ0) is 19.8. The van der Waals surface area contributed by atoms with Crippen LogP contribution in [-0.4, -0.2) is 21.5 Å². The van der Waals surface area contributed by atoms with E-state index in [2.05, 4.69) is 10.3 Å². The Kier molecular flexibility index (Phi) is 4.49. The second kappa shape index (κ2) is 6.98. The molecule has 0 saturated carbocycles. The highest BCUT2D eigenvalue weighted by Crippen LogP contribution is 2.26. The number of nitrogens with zero attached hydrogens (tertiary/aromatic N) is 3. The fourth-order valence-corrected chi connectivity index (χ4v) is 3.50. The Labute approximate surface area is 167 Å². The molecule has 4 rings (SSSR count). The van der Waals surface area contributed by atoms with Gasteiger partial charge < -0.3 is 9.88 Å². The van der Waals surface area contributed by atoms with Crippen LogP contribution in [0.1, 0.15) is 17.0 Å². The number of pyridine rings is 1. The molecule has 7 heteroatoms. The Hall–Kier alpha value is -3.38. The van der Waals surface area contributed by atoms with Crippen molar-refractivity contribution in [3.8, 4) is 5.82 Å². The van der Waals surface area contributed by atoms with Crippen LogP contribution in [0.25, 0.3) is 11.9 Å². The van der Waals surface area contributed by atoms with Gasteiger partial charge in [-0.15, -0.1) is 0 Å². The van der Waals surface area contributed by atoms with Crippen molar-refractivity contribution in [2.45, 2.75) is 13.8 Å². The molecule has 3 heterocycles. The number of aromatic nitrogens is 2. The standard InChI is InChI=1S/C21H17ClN4O2/c1-13-10-15(14(2)25(13)19-8-3-4-9-23-19)11-18-20(27)26(21(28)24-18)17-7-5-6-16(22)12-17/h3-12H,1-2H3,(H,24,28). The summed E-state index contributed by atoms with van der Waals surface area (Å²) < 4.78 is 2.00. The molecule has 1 aliphatic rings. The number of nitrogens with one attached hydrogen (secondary N) is 1. The van der Waals surface area contributed by atoms with Gasteiger partial charge in [0.1, 0.15) is 11.5 Å². The molecular formula is C21H17ClN4O2. The summed E-state index contributed by atoms with van der Waals surface area (Å²) in [6.07, 6.45) is 3.42. The van der Waals surface area contributed by atoms with Crippen molar-refractivity contribution in [2.75, 3.05) is 4.90 Å². The molecule has 0 atom stereocenters. The minimum absolute atomic E-state index is 0.214. The van der Waals surface area contributed by atoms with Crippen LogP contribution in [0, 0.1) is 13.8 Å². The first-order valence-corrected chi connectivity index (χ1v) is 9.06. The van der Waals surface area contributed by atoms with Crippen LogP contribution < -0.4 is 10.2 Å². The van der Waals surface area contributed by atoms with Crippen molar-refractivity contribution < 1.29 is 9.59 Å². The highest BCUT2D eigenvalue weighted by molar-refractivity contribution is 6.32. The highest BCUT2D eigenvalue weighted by atomic mass is 35.5. The number of rotatable bonds is 3. The number of imide groups is 1. The SMILES string of the molecule is Cc1cc(C=C2NC(=O)N(c3cccc(Cl)c3)C2=O)c(C)n1-c1ccccn1. The normalized spacial score (nSPS) is 15.4. The van der Waals surface area contributed by atoms with E-state index in [0.717, 1.165) is 27.7 Å².